The average molecular weight is 283 g/mol. The average Bonchev–Trinajstić information content (AvgIpc) is 2.47. The van der Waals surface area contributed by atoms with E-state index in [1.54, 1.807) is 6.07 Å². The second kappa shape index (κ2) is 6.08. The van der Waals surface area contributed by atoms with E-state index in [0.29, 0.717) is 12.1 Å². The van der Waals surface area contributed by atoms with E-state index in [-0.39, 0.29) is 11.2 Å². The Kier molecular flexibility index (Phi) is 4.63. The fourth-order valence-corrected chi connectivity index (χ4v) is 3.26. The molecular formula is C16H23F2NO. The summed E-state index contributed by atoms with van der Waals surface area (Å²) in [4.78, 5) is 0. The molecule has 0 saturated heterocycles. The molecule has 1 saturated carbocycles. The molecule has 2 N–H and O–H groups in total. The number of rotatable bonds is 4. The maximum Gasteiger partial charge on any atom is 0.165 e. The van der Waals surface area contributed by atoms with Crippen LogP contribution in [0.5, 0.6) is 5.75 Å². The summed E-state index contributed by atoms with van der Waals surface area (Å²) in [5.41, 5.74) is 6.81. The number of ether oxygens (including phenoxy) is 1. The van der Waals surface area contributed by atoms with E-state index >= 15 is 0 Å². The van der Waals surface area contributed by atoms with Gasteiger partial charge in [-0.3, -0.25) is 0 Å². The molecule has 4 heteroatoms. The van der Waals surface area contributed by atoms with Crippen LogP contribution in [0, 0.1) is 5.82 Å². The van der Waals surface area contributed by atoms with Gasteiger partial charge in [-0.05, 0) is 37.5 Å². The van der Waals surface area contributed by atoms with Crippen molar-refractivity contribution in [2.45, 2.75) is 50.6 Å². The minimum absolute atomic E-state index is 0.224. The Morgan fingerprint density at radius 1 is 1.30 bits per heavy atom. The van der Waals surface area contributed by atoms with E-state index in [1.807, 2.05) is 0 Å². The summed E-state index contributed by atoms with van der Waals surface area (Å²) in [5.74, 6) is -0.273. The van der Waals surface area contributed by atoms with Crippen LogP contribution in [-0.2, 0) is 5.41 Å². The van der Waals surface area contributed by atoms with E-state index in [0.717, 1.165) is 31.2 Å². The lowest BCUT2D eigenvalue weighted by Gasteiger charge is -2.38. The van der Waals surface area contributed by atoms with Crippen LogP contribution in [0.15, 0.2) is 12.1 Å². The molecule has 0 spiro atoms. The van der Waals surface area contributed by atoms with Crippen molar-refractivity contribution < 1.29 is 13.5 Å². The smallest absolute Gasteiger partial charge is 0.165 e. The molecule has 1 atom stereocenters. The molecule has 0 bridgehead atoms. The second-order valence-electron chi connectivity index (χ2n) is 5.74. The van der Waals surface area contributed by atoms with Crippen LogP contribution in [0.2, 0.25) is 0 Å². The molecule has 1 aliphatic carbocycles. The van der Waals surface area contributed by atoms with Crippen molar-refractivity contribution in [3.8, 4) is 5.75 Å². The Hall–Kier alpha value is -1.16. The first-order valence-electron chi connectivity index (χ1n) is 7.26. The van der Waals surface area contributed by atoms with Crippen LogP contribution < -0.4 is 10.5 Å². The number of alkyl halides is 1. The molecule has 1 aromatic rings. The number of halogens is 2. The maximum atomic E-state index is 14.2. The van der Waals surface area contributed by atoms with E-state index in [4.69, 9.17) is 10.5 Å². The van der Waals surface area contributed by atoms with Crippen LogP contribution in [0.25, 0.3) is 0 Å². The molecule has 0 heterocycles. The third kappa shape index (κ3) is 2.66. The first kappa shape index (κ1) is 15.2. The topological polar surface area (TPSA) is 35.2 Å². The Balaban J connectivity index is 2.57. The van der Waals surface area contributed by atoms with Gasteiger partial charge in [0.25, 0.3) is 0 Å². The fraction of sp³-hybridized carbons (Fsp3) is 0.625. The van der Waals surface area contributed by atoms with Crippen LogP contribution in [0.3, 0.4) is 0 Å². The van der Waals surface area contributed by atoms with Gasteiger partial charge in [-0.25, -0.2) is 8.78 Å². The van der Waals surface area contributed by atoms with Gasteiger partial charge < -0.3 is 10.5 Å². The summed E-state index contributed by atoms with van der Waals surface area (Å²) in [6.07, 6.45) is 3.92. The zero-order valence-electron chi connectivity index (χ0n) is 12.2. The van der Waals surface area contributed by atoms with Crippen LogP contribution >= 0.6 is 0 Å². The minimum Gasteiger partial charge on any atom is -0.493 e. The van der Waals surface area contributed by atoms with Crippen molar-refractivity contribution in [2.24, 2.45) is 5.73 Å². The molecule has 0 amide bonds. The van der Waals surface area contributed by atoms with E-state index in [9.17, 15) is 8.78 Å². The highest BCUT2D eigenvalue weighted by Crippen LogP contribution is 2.44. The van der Waals surface area contributed by atoms with Gasteiger partial charge >= 0.3 is 0 Å². The van der Waals surface area contributed by atoms with Gasteiger partial charge in [-0.2, -0.15) is 0 Å². The number of benzene rings is 1. The SMILES string of the molecule is COc1c(F)cc(C(C)F)cc1C1(CN)CCCCC1. The van der Waals surface area contributed by atoms with Crippen molar-refractivity contribution in [1.29, 1.82) is 0 Å². The highest BCUT2D eigenvalue weighted by atomic mass is 19.1. The zero-order valence-corrected chi connectivity index (χ0v) is 12.2. The third-order valence-electron chi connectivity index (χ3n) is 4.50. The predicted octanol–water partition coefficient (Wildman–Crippen LogP) is 4.03. The molecular weight excluding hydrogens is 260 g/mol. The molecule has 0 aromatic heterocycles. The standard InChI is InChI=1S/C16H23F2NO/c1-11(17)12-8-13(15(20-2)14(18)9-12)16(10-19)6-4-3-5-7-16/h8-9,11H,3-7,10,19H2,1-2H3. The monoisotopic (exact) mass is 283 g/mol. The zero-order chi connectivity index (χ0) is 14.8. The normalized spacial score (nSPS) is 19.6. The van der Waals surface area contributed by atoms with Crippen molar-refractivity contribution in [3.05, 3.63) is 29.1 Å². The third-order valence-corrected chi connectivity index (χ3v) is 4.50. The number of hydrogen-bond acceptors (Lipinski definition) is 2. The Morgan fingerprint density at radius 2 is 1.95 bits per heavy atom. The van der Waals surface area contributed by atoms with Crippen molar-refractivity contribution >= 4 is 0 Å². The summed E-state index contributed by atoms with van der Waals surface area (Å²) in [6.45, 7) is 1.86. The van der Waals surface area contributed by atoms with Gasteiger partial charge in [0.2, 0.25) is 0 Å². The van der Waals surface area contributed by atoms with Crippen molar-refractivity contribution in [1.82, 2.24) is 0 Å². The van der Waals surface area contributed by atoms with Gasteiger partial charge in [0.05, 0.1) is 7.11 Å². The molecule has 2 rings (SSSR count). The summed E-state index contributed by atoms with van der Waals surface area (Å²) in [6, 6.07) is 2.96. The summed E-state index contributed by atoms with van der Waals surface area (Å²) in [7, 11) is 1.45. The van der Waals surface area contributed by atoms with Crippen LogP contribution in [0.1, 0.15) is 56.3 Å². The molecule has 1 fully saturated rings. The summed E-state index contributed by atoms with van der Waals surface area (Å²) in [5, 5.41) is 0. The van der Waals surface area contributed by atoms with E-state index in [1.165, 1.54) is 26.5 Å². The van der Waals surface area contributed by atoms with Crippen molar-refractivity contribution in [2.75, 3.05) is 13.7 Å². The lowest BCUT2D eigenvalue weighted by Crippen LogP contribution is -2.37. The molecule has 1 aromatic carbocycles. The largest absolute Gasteiger partial charge is 0.493 e. The number of methoxy groups -OCH3 is 1. The number of hydrogen-bond donors (Lipinski definition) is 1. The number of nitrogens with two attached hydrogens (primary N) is 1. The molecule has 0 aliphatic heterocycles. The Bertz CT molecular complexity index is 468. The van der Waals surface area contributed by atoms with Gasteiger partial charge in [0.15, 0.2) is 11.6 Å². The molecule has 1 aliphatic rings. The molecule has 2 nitrogen and oxygen atoms in total. The first-order chi connectivity index (χ1) is 9.54. The van der Waals surface area contributed by atoms with Crippen molar-refractivity contribution in [3.63, 3.8) is 0 Å². The summed E-state index contributed by atoms with van der Waals surface area (Å²) < 4.78 is 33.0. The van der Waals surface area contributed by atoms with E-state index < -0.39 is 12.0 Å². The lowest BCUT2D eigenvalue weighted by atomic mass is 9.68. The Labute approximate surface area is 119 Å². The quantitative estimate of drug-likeness (QED) is 0.905. The predicted molar refractivity (Wildman–Crippen MR) is 76.3 cm³/mol. The highest BCUT2D eigenvalue weighted by Gasteiger charge is 2.36. The van der Waals surface area contributed by atoms with Gasteiger partial charge in [0, 0.05) is 17.5 Å². The van der Waals surface area contributed by atoms with Crippen LogP contribution in [0.4, 0.5) is 8.78 Å². The Morgan fingerprint density at radius 3 is 2.45 bits per heavy atom. The molecule has 1 unspecified atom stereocenters. The fourth-order valence-electron chi connectivity index (χ4n) is 3.26. The minimum atomic E-state index is -1.20. The lowest BCUT2D eigenvalue weighted by molar-refractivity contribution is 0.281. The molecule has 0 radical (unpaired) electrons. The summed E-state index contributed by atoms with van der Waals surface area (Å²) >= 11 is 0. The molecule has 112 valence electrons. The van der Waals surface area contributed by atoms with Gasteiger partial charge in [0.1, 0.15) is 6.17 Å². The highest BCUT2D eigenvalue weighted by molar-refractivity contribution is 5.45. The maximum absolute atomic E-state index is 14.2. The first-order valence-corrected chi connectivity index (χ1v) is 7.26. The second-order valence-corrected chi connectivity index (χ2v) is 5.74. The molecule has 20 heavy (non-hydrogen) atoms. The van der Waals surface area contributed by atoms with Crippen LogP contribution in [-0.4, -0.2) is 13.7 Å². The van der Waals surface area contributed by atoms with Gasteiger partial charge in [-0.15, -0.1) is 0 Å². The van der Waals surface area contributed by atoms with E-state index in [2.05, 4.69) is 0 Å². The van der Waals surface area contributed by atoms with Gasteiger partial charge in [-0.1, -0.05) is 19.3 Å².